The molecule has 0 saturated carbocycles. The summed E-state index contributed by atoms with van der Waals surface area (Å²) in [4.78, 5) is 15.8. The highest BCUT2D eigenvalue weighted by molar-refractivity contribution is 7.98. The zero-order valence-corrected chi connectivity index (χ0v) is 19.2. The molecule has 34 heavy (non-hydrogen) atoms. The van der Waals surface area contributed by atoms with Gasteiger partial charge in [-0.2, -0.15) is 0 Å². The monoisotopic (exact) mass is 483 g/mol. The summed E-state index contributed by atoms with van der Waals surface area (Å²) in [5.74, 6) is -0.921. The van der Waals surface area contributed by atoms with Crippen LogP contribution >= 0.6 is 11.8 Å². The van der Waals surface area contributed by atoms with Crippen molar-refractivity contribution in [2.24, 2.45) is 0 Å². The third-order valence-electron chi connectivity index (χ3n) is 6.54. The number of fused-ring (bicyclic) bond motifs is 2. The van der Waals surface area contributed by atoms with Crippen molar-refractivity contribution in [2.75, 3.05) is 0 Å². The van der Waals surface area contributed by atoms with E-state index in [4.69, 9.17) is 4.74 Å². The Hall–Kier alpha value is -2.93. The Kier molecular flexibility index (Phi) is 6.55. The zero-order valence-electron chi connectivity index (χ0n) is 18.4. The van der Waals surface area contributed by atoms with E-state index in [1.807, 2.05) is 35.2 Å². The Bertz CT molecular complexity index is 1170. The van der Waals surface area contributed by atoms with Crippen LogP contribution in [0.3, 0.4) is 0 Å². The smallest absolute Gasteiger partial charge is 0.254 e. The van der Waals surface area contributed by atoms with Gasteiger partial charge >= 0.3 is 0 Å². The van der Waals surface area contributed by atoms with Crippen LogP contribution in [0.5, 0.6) is 5.75 Å². The summed E-state index contributed by atoms with van der Waals surface area (Å²) in [6.45, 7) is 0. The van der Waals surface area contributed by atoms with Crippen molar-refractivity contribution in [3.63, 3.8) is 0 Å². The van der Waals surface area contributed by atoms with Crippen molar-refractivity contribution in [2.45, 2.75) is 54.5 Å². The van der Waals surface area contributed by atoms with Gasteiger partial charge in [0.15, 0.2) is 11.6 Å². The van der Waals surface area contributed by atoms with Crippen molar-refractivity contribution in [1.82, 2.24) is 4.90 Å². The molecule has 3 nitrogen and oxygen atoms in total. The highest BCUT2D eigenvalue weighted by Crippen LogP contribution is 2.38. The fourth-order valence-corrected chi connectivity index (χ4v) is 5.82. The normalized spacial score (nSPS) is 21.5. The molecule has 7 heteroatoms. The lowest BCUT2D eigenvalue weighted by Crippen LogP contribution is -2.49. The summed E-state index contributed by atoms with van der Waals surface area (Å²) < 4.78 is 46.8. The van der Waals surface area contributed by atoms with Gasteiger partial charge in [0.25, 0.3) is 5.91 Å². The van der Waals surface area contributed by atoms with Crippen molar-refractivity contribution >= 4 is 17.7 Å². The first-order valence-corrected chi connectivity index (χ1v) is 12.4. The lowest BCUT2D eigenvalue weighted by Gasteiger charge is -2.39. The number of carbonyl (C=O) groups is 1. The number of thioether (sulfide) groups is 1. The van der Waals surface area contributed by atoms with Crippen LogP contribution in [0, 0.1) is 17.5 Å². The molecule has 5 rings (SSSR count). The van der Waals surface area contributed by atoms with Crippen LogP contribution in [-0.2, 0) is 5.75 Å². The highest BCUT2D eigenvalue weighted by Gasteiger charge is 2.44. The maximum absolute atomic E-state index is 14.0. The Labute approximate surface area is 200 Å². The van der Waals surface area contributed by atoms with E-state index >= 15 is 0 Å². The van der Waals surface area contributed by atoms with E-state index in [1.54, 1.807) is 12.1 Å². The van der Waals surface area contributed by atoms with Crippen molar-refractivity contribution < 1.29 is 22.7 Å². The first kappa shape index (κ1) is 22.8. The SMILES string of the molecule is O=C(c1ccc(CSc2ccccc2F)cc1)N1[C@H]2CC[C@H]1CC(Oc1ccc(F)cc1F)C2. The topological polar surface area (TPSA) is 29.5 Å². The summed E-state index contributed by atoms with van der Waals surface area (Å²) in [6, 6.07) is 17.6. The molecule has 0 N–H and O–H groups in total. The molecule has 0 spiro atoms. The van der Waals surface area contributed by atoms with Crippen molar-refractivity contribution in [3.8, 4) is 5.75 Å². The van der Waals surface area contributed by atoms with E-state index in [0.29, 0.717) is 29.1 Å². The second-order valence-corrected chi connectivity index (χ2v) is 9.82. The van der Waals surface area contributed by atoms with Crippen LogP contribution in [0.2, 0.25) is 0 Å². The molecule has 2 saturated heterocycles. The number of benzene rings is 3. The lowest BCUT2D eigenvalue weighted by atomic mass is 9.98. The number of hydrogen-bond donors (Lipinski definition) is 0. The quantitative estimate of drug-likeness (QED) is 0.370. The number of amides is 1. The highest BCUT2D eigenvalue weighted by atomic mass is 32.2. The van der Waals surface area contributed by atoms with E-state index in [9.17, 15) is 18.0 Å². The molecule has 2 fully saturated rings. The molecule has 3 aromatic rings. The number of nitrogens with zero attached hydrogens (tertiary/aromatic N) is 1. The Morgan fingerprint density at radius 1 is 0.912 bits per heavy atom. The molecule has 2 heterocycles. The first-order chi connectivity index (χ1) is 16.5. The van der Waals surface area contributed by atoms with Gasteiger partial charge in [-0.05, 0) is 54.8 Å². The minimum absolute atomic E-state index is 0.00720. The van der Waals surface area contributed by atoms with Crippen LogP contribution < -0.4 is 4.74 Å². The fourth-order valence-electron chi connectivity index (χ4n) is 4.92. The Balaban J connectivity index is 1.21. The number of rotatable bonds is 6. The molecule has 1 amide bonds. The maximum atomic E-state index is 14.0. The van der Waals surface area contributed by atoms with Gasteiger partial charge in [0.2, 0.25) is 0 Å². The predicted octanol–water partition coefficient (Wildman–Crippen LogP) is 6.61. The molecular formula is C27H24F3NO2S. The van der Waals surface area contributed by atoms with Gasteiger partial charge < -0.3 is 9.64 Å². The summed E-state index contributed by atoms with van der Waals surface area (Å²) >= 11 is 1.42. The standard InChI is InChI=1S/C27H24F3NO2S/c28-19-9-12-25(24(30)13-19)33-22-14-20-10-11-21(15-22)31(20)27(32)18-7-5-17(6-8-18)16-34-26-4-2-1-3-23(26)29/h1-9,12-13,20-22H,10-11,14-16H2/t20-,21-/m0/s1. The molecule has 3 aromatic carbocycles. The first-order valence-electron chi connectivity index (χ1n) is 11.4. The number of ether oxygens (including phenoxy) is 1. The van der Waals surface area contributed by atoms with Crippen LogP contribution in [0.25, 0.3) is 0 Å². The summed E-state index contributed by atoms with van der Waals surface area (Å²) in [5, 5.41) is 0. The lowest BCUT2D eigenvalue weighted by molar-refractivity contribution is 0.0349. The van der Waals surface area contributed by atoms with Gasteiger partial charge in [0, 0.05) is 47.2 Å². The molecule has 176 valence electrons. The molecule has 2 aliphatic rings. The summed E-state index contributed by atoms with van der Waals surface area (Å²) in [5.41, 5.74) is 1.64. The number of hydrogen-bond acceptors (Lipinski definition) is 3. The largest absolute Gasteiger partial charge is 0.487 e. The number of piperidine rings is 1. The average molecular weight is 484 g/mol. The number of halogens is 3. The minimum Gasteiger partial charge on any atom is -0.487 e. The van der Waals surface area contributed by atoms with Crippen molar-refractivity contribution in [3.05, 3.63) is 95.3 Å². The number of carbonyl (C=O) groups excluding carboxylic acids is 1. The minimum atomic E-state index is -0.709. The third-order valence-corrected chi connectivity index (χ3v) is 7.66. The maximum Gasteiger partial charge on any atom is 0.254 e. The third kappa shape index (κ3) is 4.80. The fraction of sp³-hybridized carbons (Fsp3) is 0.296. The molecule has 2 atom stereocenters. The molecule has 2 bridgehead atoms. The summed E-state index contributed by atoms with van der Waals surface area (Å²) in [6.07, 6.45) is 2.81. The molecule has 0 aliphatic carbocycles. The molecule has 0 aromatic heterocycles. The van der Waals surface area contributed by atoms with Crippen molar-refractivity contribution in [1.29, 1.82) is 0 Å². The van der Waals surface area contributed by atoms with Crippen LogP contribution in [-0.4, -0.2) is 29.0 Å². The van der Waals surface area contributed by atoms with Gasteiger partial charge in [-0.1, -0.05) is 24.3 Å². The van der Waals surface area contributed by atoms with Crippen LogP contribution in [0.4, 0.5) is 13.2 Å². The average Bonchev–Trinajstić information content (AvgIpc) is 3.10. The van der Waals surface area contributed by atoms with Crippen LogP contribution in [0.15, 0.2) is 71.6 Å². The molecule has 0 radical (unpaired) electrons. The summed E-state index contributed by atoms with van der Waals surface area (Å²) in [7, 11) is 0. The second-order valence-electron chi connectivity index (χ2n) is 8.80. The van der Waals surface area contributed by atoms with Gasteiger partial charge in [-0.15, -0.1) is 11.8 Å². The van der Waals surface area contributed by atoms with Gasteiger partial charge in [0.1, 0.15) is 17.7 Å². The van der Waals surface area contributed by atoms with E-state index in [1.165, 1.54) is 30.0 Å². The van der Waals surface area contributed by atoms with Gasteiger partial charge in [-0.25, -0.2) is 13.2 Å². The van der Waals surface area contributed by atoms with E-state index < -0.39 is 11.6 Å². The van der Waals surface area contributed by atoms with E-state index in [2.05, 4.69) is 0 Å². The Morgan fingerprint density at radius 2 is 1.62 bits per heavy atom. The van der Waals surface area contributed by atoms with E-state index in [-0.39, 0.29) is 35.7 Å². The zero-order chi connectivity index (χ0) is 23.7. The predicted molar refractivity (Wildman–Crippen MR) is 125 cm³/mol. The molecular weight excluding hydrogens is 459 g/mol. The Morgan fingerprint density at radius 3 is 2.29 bits per heavy atom. The van der Waals surface area contributed by atoms with E-state index in [0.717, 1.165) is 24.5 Å². The van der Waals surface area contributed by atoms with Gasteiger partial charge in [-0.3, -0.25) is 4.79 Å². The molecule has 2 aliphatic heterocycles. The van der Waals surface area contributed by atoms with Crippen LogP contribution in [0.1, 0.15) is 41.6 Å². The van der Waals surface area contributed by atoms with Gasteiger partial charge in [0.05, 0.1) is 0 Å². The molecule has 0 unspecified atom stereocenters. The second kappa shape index (κ2) is 9.74.